The van der Waals surface area contributed by atoms with E-state index in [2.05, 4.69) is 9.82 Å². The Labute approximate surface area is 132 Å². The van der Waals surface area contributed by atoms with E-state index in [1.807, 2.05) is 32.8 Å². The fraction of sp³-hybridized carbons (Fsp3) is 0.769. The highest BCUT2D eigenvalue weighted by Crippen LogP contribution is 2.25. The van der Waals surface area contributed by atoms with Gasteiger partial charge in [0.1, 0.15) is 10.0 Å². The van der Waals surface area contributed by atoms with E-state index in [0.29, 0.717) is 12.2 Å². The van der Waals surface area contributed by atoms with Crippen molar-refractivity contribution in [1.29, 1.82) is 0 Å². The second-order valence-corrected chi connectivity index (χ2v) is 7.71. The molecule has 0 amide bonds. The number of nitrogens with one attached hydrogen (secondary N) is 1. The number of aryl methyl sites for hydroxylation is 2. The lowest BCUT2D eigenvalue weighted by molar-refractivity contribution is 0.299. The topological polar surface area (TPSA) is 67.2 Å². The molecule has 0 aliphatic heterocycles. The van der Waals surface area contributed by atoms with Gasteiger partial charge < -0.3 is 4.90 Å². The molecule has 122 valence electrons. The van der Waals surface area contributed by atoms with Crippen molar-refractivity contribution in [3.8, 4) is 0 Å². The summed E-state index contributed by atoms with van der Waals surface area (Å²) in [6.45, 7) is 6.36. The fourth-order valence-electron chi connectivity index (χ4n) is 2.19. The molecule has 0 spiro atoms. The van der Waals surface area contributed by atoms with Crippen LogP contribution in [0.25, 0.3) is 0 Å². The van der Waals surface area contributed by atoms with E-state index in [4.69, 9.17) is 11.6 Å². The Hall–Kier alpha value is -0.630. The molecule has 1 rings (SSSR count). The minimum atomic E-state index is -3.69. The van der Waals surface area contributed by atoms with Gasteiger partial charge in [-0.15, -0.1) is 0 Å². The summed E-state index contributed by atoms with van der Waals surface area (Å²) in [6.07, 6.45) is 0.890. The summed E-state index contributed by atoms with van der Waals surface area (Å²) < 4.78 is 29.4. The predicted octanol–water partition coefficient (Wildman–Crippen LogP) is 1.64. The van der Waals surface area contributed by atoms with Crippen molar-refractivity contribution in [2.75, 3.05) is 20.6 Å². The van der Waals surface area contributed by atoms with Gasteiger partial charge in [-0.1, -0.05) is 31.9 Å². The second-order valence-electron chi connectivity index (χ2n) is 5.70. The van der Waals surface area contributed by atoms with Crippen molar-refractivity contribution >= 4 is 21.6 Å². The monoisotopic (exact) mass is 336 g/mol. The maximum Gasteiger partial charge on any atom is 0.245 e. The molecule has 0 aliphatic rings. The third kappa shape index (κ3) is 4.42. The van der Waals surface area contributed by atoms with Crippen molar-refractivity contribution in [1.82, 2.24) is 19.4 Å². The van der Waals surface area contributed by atoms with Crippen LogP contribution in [0.2, 0.25) is 5.15 Å². The molecule has 0 saturated heterocycles. The summed E-state index contributed by atoms with van der Waals surface area (Å²) in [4.78, 5) is 2.04. The van der Waals surface area contributed by atoms with Crippen LogP contribution in [0.5, 0.6) is 0 Å². The van der Waals surface area contributed by atoms with Gasteiger partial charge in [-0.25, -0.2) is 13.1 Å². The number of hydrogen-bond acceptors (Lipinski definition) is 4. The molecule has 0 aromatic carbocycles. The van der Waals surface area contributed by atoms with Gasteiger partial charge in [0.15, 0.2) is 0 Å². The van der Waals surface area contributed by atoms with Crippen LogP contribution in [0.3, 0.4) is 0 Å². The number of nitrogens with zero attached hydrogens (tertiary/aromatic N) is 3. The van der Waals surface area contributed by atoms with Crippen LogP contribution in [-0.4, -0.2) is 49.8 Å². The third-order valence-electron chi connectivity index (χ3n) is 3.57. The minimum absolute atomic E-state index is 0.0683. The molecule has 0 radical (unpaired) electrons. The average Bonchev–Trinajstić information content (AvgIpc) is 2.60. The van der Waals surface area contributed by atoms with Crippen molar-refractivity contribution in [2.45, 2.75) is 38.1 Å². The first-order chi connectivity index (χ1) is 9.60. The van der Waals surface area contributed by atoms with Gasteiger partial charge in [-0.3, -0.25) is 4.68 Å². The van der Waals surface area contributed by atoms with E-state index in [1.54, 1.807) is 14.0 Å². The highest BCUT2D eigenvalue weighted by molar-refractivity contribution is 7.89. The van der Waals surface area contributed by atoms with Crippen molar-refractivity contribution < 1.29 is 8.42 Å². The van der Waals surface area contributed by atoms with E-state index in [0.717, 1.165) is 6.42 Å². The quantitative estimate of drug-likeness (QED) is 0.822. The Morgan fingerprint density at radius 3 is 2.38 bits per heavy atom. The SMILES string of the molecule is CC[C@H](C)[C@@H](CN(C)C)NS(=O)(=O)c1c(C)nn(C)c1Cl. The number of halogens is 1. The van der Waals surface area contributed by atoms with Gasteiger partial charge in [0.2, 0.25) is 10.0 Å². The van der Waals surface area contributed by atoms with E-state index < -0.39 is 10.0 Å². The molecule has 1 N–H and O–H groups in total. The molecule has 1 heterocycles. The number of hydrogen-bond donors (Lipinski definition) is 1. The first-order valence-corrected chi connectivity index (χ1v) is 8.82. The van der Waals surface area contributed by atoms with Crippen molar-refractivity contribution in [2.24, 2.45) is 13.0 Å². The van der Waals surface area contributed by atoms with Gasteiger partial charge in [0.25, 0.3) is 0 Å². The predicted molar refractivity (Wildman–Crippen MR) is 85.1 cm³/mol. The molecular weight excluding hydrogens is 312 g/mol. The van der Waals surface area contributed by atoms with Crippen LogP contribution < -0.4 is 4.72 Å². The van der Waals surface area contributed by atoms with Gasteiger partial charge in [-0.05, 0) is 26.9 Å². The molecule has 0 saturated carbocycles. The lowest BCUT2D eigenvalue weighted by Crippen LogP contribution is -2.45. The van der Waals surface area contributed by atoms with Gasteiger partial charge >= 0.3 is 0 Å². The molecule has 8 heteroatoms. The molecular formula is C13H25ClN4O2S. The summed E-state index contributed by atoms with van der Waals surface area (Å²) in [5.74, 6) is 0.220. The normalized spacial score (nSPS) is 15.4. The Morgan fingerprint density at radius 2 is 2.00 bits per heavy atom. The van der Waals surface area contributed by atoms with Crippen LogP contribution in [-0.2, 0) is 17.1 Å². The van der Waals surface area contributed by atoms with Gasteiger partial charge in [0, 0.05) is 19.6 Å². The summed E-state index contributed by atoms with van der Waals surface area (Å²) in [6, 6.07) is -0.175. The zero-order chi connectivity index (χ0) is 16.4. The summed E-state index contributed by atoms with van der Waals surface area (Å²) in [5, 5.41) is 4.20. The lowest BCUT2D eigenvalue weighted by atomic mass is 10.00. The highest BCUT2D eigenvalue weighted by Gasteiger charge is 2.29. The standard InChI is InChI=1S/C13H25ClN4O2S/c1-7-9(2)11(8-17(4)5)16-21(19,20)12-10(3)15-18(6)13(12)14/h9,11,16H,7-8H2,1-6H3/t9-,11+/m0/s1. The largest absolute Gasteiger partial charge is 0.308 e. The maximum atomic E-state index is 12.6. The molecule has 0 unspecified atom stereocenters. The molecule has 6 nitrogen and oxygen atoms in total. The van der Waals surface area contributed by atoms with Crippen LogP contribution in [0.1, 0.15) is 26.0 Å². The minimum Gasteiger partial charge on any atom is -0.308 e. The summed E-state index contributed by atoms with van der Waals surface area (Å²) in [7, 11) is 1.78. The molecule has 0 bridgehead atoms. The number of rotatable bonds is 7. The summed E-state index contributed by atoms with van der Waals surface area (Å²) in [5.41, 5.74) is 0.405. The number of likely N-dealkylation sites (N-methyl/N-ethyl adjacent to an activating group) is 1. The lowest BCUT2D eigenvalue weighted by Gasteiger charge is -2.27. The Balaban J connectivity index is 3.11. The van der Waals surface area contributed by atoms with Crippen LogP contribution >= 0.6 is 11.6 Å². The Bertz CT molecular complexity index is 583. The van der Waals surface area contributed by atoms with Crippen LogP contribution in [0.4, 0.5) is 0 Å². The molecule has 1 aromatic heterocycles. The Morgan fingerprint density at radius 1 is 1.43 bits per heavy atom. The zero-order valence-electron chi connectivity index (χ0n) is 13.5. The number of aromatic nitrogens is 2. The number of sulfonamides is 1. The van der Waals surface area contributed by atoms with Crippen LogP contribution in [0, 0.1) is 12.8 Å². The average molecular weight is 337 g/mol. The van der Waals surface area contributed by atoms with E-state index in [1.165, 1.54) is 4.68 Å². The Kier molecular flexibility index (Phi) is 6.22. The van der Waals surface area contributed by atoms with Gasteiger partial charge in [0.05, 0.1) is 5.69 Å². The zero-order valence-corrected chi connectivity index (χ0v) is 15.1. The molecule has 0 fully saturated rings. The molecule has 2 atom stereocenters. The van der Waals surface area contributed by atoms with E-state index in [9.17, 15) is 8.42 Å². The molecule has 1 aromatic rings. The van der Waals surface area contributed by atoms with Crippen LogP contribution in [0.15, 0.2) is 4.90 Å². The van der Waals surface area contributed by atoms with E-state index in [-0.39, 0.29) is 22.0 Å². The van der Waals surface area contributed by atoms with Crippen molar-refractivity contribution in [3.63, 3.8) is 0 Å². The van der Waals surface area contributed by atoms with Crippen molar-refractivity contribution in [3.05, 3.63) is 10.8 Å². The smallest absolute Gasteiger partial charge is 0.245 e. The second kappa shape index (κ2) is 7.09. The molecule has 21 heavy (non-hydrogen) atoms. The summed E-state index contributed by atoms with van der Waals surface area (Å²) >= 11 is 6.07. The van der Waals surface area contributed by atoms with E-state index >= 15 is 0 Å². The molecule has 0 aliphatic carbocycles. The third-order valence-corrected chi connectivity index (χ3v) is 5.75. The first-order valence-electron chi connectivity index (χ1n) is 6.96. The maximum absolute atomic E-state index is 12.6. The fourth-order valence-corrected chi connectivity index (χ4v) is 4.27. The first kappa shape index (κ1) is 18.4. The highest BCUT2D eigenvalue weighted by atomic mass is 35.5. The van der Waals surface area contributed by atoms with Gasteiger partial charge in [-0.2, -0.15) is 5.10 Å².